The van der Waals surface area contributed by atoms with Crippen LogP contribution in [0.4, 0.5) is 5.69 Å². The first-order valence-corrected chi connectivity index (χ1v) is 9.55. The van der Waals surface area contributed by atoms with Crippen molar-refractivity contribution < 1.29 is 4.79 Å². The van der Waals surface area contributed by atoms with E-state index in [4.69, 9.17) is 0 Å². The second kappa shape index (κ2) is 7.52. The summed E-state index contributed by atoms with van der Waals surface area (Å²) in [5.74, 6) is -0.148. The minimum Gasteiger partial charge on any atom is -0.325 e. The lowest BCUT2D eigenvalue weighted by atomic mass is 10.1. The maximum absolute atomic E-state index is 12.6. The van der Waals surface area contributed by atoms with E-state index in [0.717, 1.165) is 28.1 Å². The molecule has 0 aliphatic rings. The van der Waals surface area contributed by atoms with E-state index in [9.17, 15) is 9.59 Å². The predicted octanol–water partition coefficient (Wildman–Crippen LogP) is 3.67. The van der Waals surface area contributed by atoms with Gasteiger partial charge in [-0.15, -0.1) is 0 Å². The van der Waals surface area contributed by atoms with Crippen molar-refractivity contribution in [2.24, 2.45) is 0 Å². The van der Waals surface area contributed by atoms with Gasteiger partial charge in [0.1, 0.15) is 0 Å². The lowest BCUT2D eigenvalue weighted by molar-refractivity contribution is -0.115. The van der Waals surface area contributed by atoms with Crippen molar-refractivity contribution in [1.82, 2.24) is 15.0 Å². The normalized spacial score (nSPS) is 12.2. The molecule has 0 fully saturated rings. The minimum atomic E-state index is -0.434. The summed E-state index contributed by atoms with van der Waals surface area (Å²) in [6, 6.07) is 7.77. The lowest BCUT2D eigenvalue weighted by Gasteiger charge is -2.14. The Bertz CT molecular complexity index is 1090. The zero-order valence-electron chi connectivity index (χ0n) is 16.0. The summed E-state index contributed by atoms with van der Waals surface area (Å²) in [7, 11) is 0. The molecule has 140 valence electrons. The molecule has 1 atom stereocenters. The van der Waals surface area contributed by atoms with Gasteiger partial charge in [0, 0.05) is 11.4 Å². The van der Waals surface area contributed by atoms with Crippen LogP contribution < -0.4 is 10.9 Å². The molecule has 0 aliphatic carbocycles. The Balaban J connectivity index is 1.83. The summed E-state index contributed by atoms with van der Waals surface area (Å²) in [6.45, 7) is 9.44. The average Bonchev–Trinajstić information content (AvgIpc) is 2.57. The number of carbonyl (C=O) groups excluding carboxylic acids is 1. The van der Waals surface area contributed by atoms with Gasteiger partial charge in [-0.25, -0.2) is 9.97 Å². The number of nitrogens with one attached hydrogen (secondary N) is 2. The van der Waals surface area contributed by atoms with Gasteiger partial charge in [-0.1, -0.05) is 23.9 Å². The first kappa shape index (κ1) is 19.1. The second-order valence-corrected chi connectivity index (χ2v) is 8.05. The Labute approximate surface area is 161 Å². The first-order valence-electron chi connectivity index (χ1n) is 8.67. The van der Waals surface area contributed by atoms with Gasteiger partial charge in [0.15, 0.2) is 10.8 Å². The van der Waals surface area contributed by atoms with Crippen LogP contribution in [0.25, 0.3) is 11.0 Å². The van der Waals surface area contributed by atoms with Crippen LogP contribution in [0.3, 0.4) is 0 Å². The molecular weight excluding hydrogens is 360 g/mol. The van der Waals surface area contributed by atoms with Crippen molar-refractivity contribution >= 4 is 34.4 Å². The Morgan fingerprint density at radius 1 is 1.11 bits per heavy atom. The van der Waals surface area contributed by atoms with Crippen LogP contribution in [0, 0.1) is 27.7 Å². The highest BCUT2D eigenvalue weighted by Gasteiger charge is 2.18. The molecular formula is C20H22N4O2S. The number of pyridine rings is 1. The smallest absolute Gasteiger partial charge is 0.261 e. The van der Waals surface area contributed by atoms with Gasteiger partial charge in [-0.05, 0) is 63.4 Å². The molecule has 7 heteroatoms. The Kier molecular flexibility index (Phi) is 5.32. The summed E-state index contributed by atoms with van der Waals surface area (Å²) in [5.41, 5.74) is 4.67. The molecule has 2 heterocycles. The number of fused-ring (bicyclic) bond motifs is 1. The lowest BCUT2D eigenvalue weighted by Crippen LogP contribution is -2.24. The highest BCUT2D eigenvalue weighted by atomic mass is 32.2. The molecule has 0 saturated heterocycles. The summed E-state index contributed by atoms with van der Waals surface area (Å²) in [6.07, 6.45) is 0. The summed E-state index contributed by atoms with van der Waals surface area (Å²) in [4.78, 5) is 36.5. The Morgan fingerprint density at radius 3 is 2.59 bits per heavy atom. The van der Waals surface area contributed by atoms with E-state index in [2.05, 4.69) is 20.3 Å². The van der Waals surface area contributed by atoms with Crippen molar-refractivity contribution in [1.29, 1.82) is 0 Å². The molecule has 3 rings (SSSR count). The number of H-pyrrole nitrogens is 1. The van der Waals surface area contributed by atoms with E-state index in [-0.39, 0.29) is 11.5 Å². The number of hydrogen-bond acceptors (Lipinski definition) is 5. The summed E-state index contributed by atoms with van der Waals surface area (Å²) < 4.78 is 0. The molecule has 2 N–H and O–H groups in total. The third-order valence-electron chi connectivity index (χ3n) is 4.29. The van der Waals surface area contributed by atoms with E-state index >= 15 is 0 Å². The van der Waals surface area contributed by atoms with Crippen LogP contribution >= 0.6 is 11.8 Å². The molecule has 0 aliphatic heterocycles. The first-order chi connectivity index (χ1) is 12.7. The standard InChI is InChI=1S/C20H22N4O2S/c1-10-6-7-11(2)15(8-10)22-18(25)14(5)27-20-23-17-16(19(26)24-20)12(3)9-13(4)21-17/h6-9,14H,1-5H3,(H,22,25)(H,21,23,24,26). The van der Waals surface area contributed by atoms with Gasteiger partial charge < -0.3 is 10.3 Å². The second-order valence-electron chi connectivity index (χ2n) is 6.72. The number of anilines is 1. The molecule has 0 saturated carbocycles. The maximum Gasteiger partial charge on any atom is 0.261 e. The zero-order chi connectivity index (χ0) is 19.7. The molecule has 0 radical (unpaired) electrons. The molecule has 1 aromatic carbocycles. The van der Waals surface area contributed by atoms with Crippen molar-refractivity contribution in [3.05, 3.63) is 57.0 Å². The number of hydrogen-bond donors (Lipinski definition) is 2. The van der Waals surface area contributed by atoms with Gasteiger partial charge in [-0.2, -0.15) is 0 Å². The fourth-order valence-corrected chi connectivity index (χ4v) is 3.64. The van der Waals surface area contributed by atoms with E-state index in [1.165, 1.54) is 11.8 Å². The van der Waals surface area contributed by atoms with Crippen LogP contribution in [-0.2, 0) is 4.79 Å². The van der Waals surface area contributed by atoms with Gasteiger partial charge >= 0.3 is 0 Å². The van der Waals surface area contributed by atoms with Gasteiger partial charge in [0.25, 0.3) is 5.56 Å². The molecule has 6 nitrogen and oxygen atoms in total. The fraction of sp³-hybridized carbons (Fsp3) is 0.300. The molecule has 0 bridgehead atoms. The number of benzene rings is 1. The van der Waals surface area contributed by atoms with Crippen molar-refractivity contribution in [3.8, 4) is 0 Å². The molecule has 27 heavy (non-hydrogen) atoms. The number of carbonyl (C=O) groups is 1. The van der Waals surface area contributed by atoms with Crippen LogP contribution in [-0.4, -0.2) is 26.1 Å². The third kappa shape index (κ3) is 4.19. The molecule has 1 amide bonds. The van der Waals surface area contributed by atoms with E-state index < -0.39 is 5.25 Å². The number of aryl methyl sites for hydroxylation is 4. The third-order valence-corrected chi connectivity index (χ3v) is 5.27. The largest absolute Gasteiger partial charge is 0.325 e. The number of thioether (sulfide) groups is 1. The quantitative estimate of drug-likeness (QED) is 0.531. The Morgan fingerprint density at radius 2 is 1.85 bits per heavy atom. The molecule has 2 aromatic heterocycles. The SMILES string of the molecule is Cc1ccc(C)c(NC(=O)C(C)Sc2nc3nc(C)cc(C)c3c(=O)[nH]2)c1. The summed E-state index contributed by atoms with van der Waals surface area (Å²) in [5, 5.41) is 3.38. The van der Waals surface area contributed by atoms with Crippen LogP contribution in [0.15, 0.2) is 34.2 Å². The Hall–Kier alpha value is -2.67. The molecule has 3 aromatic rings. The number of rotatable bonds is 4. The molecule has 1 unspecified atom stereocenters. The monoisotopic (exact) mass is 382 g/mol. The minimum absolute atomic E-state index is 0.148. The van der Waals surface area contributed by atoms with E-state index in [1.54, 1.807) is 6.92 Å². The number of amides is 1. The van der Waals surface area contributed by atoms with Crippen molar-refractivity contribution in [2.45, 2.75) is 45.0 Å². The number of aromatic amines is 1. The van der Waals surface area contributed by atoms with Crippen LogP contribution in [0.2, 0.25) is 0 Å². The number of aromatic nitrogens is 3. The van der Waals surface area contributed by atoms with Gasteiger partial charge in [0.05, 0.1) is 10.6 Å². The van der Waals surface area contributed by atoms with E-state index in [0.29, 0.717) is 16.2 Å². The highest BCUT2D eigenvalue weighted by Crippen LogP contribution is 2.23. The molecule has 0 spiro atoms. The highest BCUT2D eigenvalue weighted by molar-refractivity contribution is 8.00. The van der Waals surface area contributed by atoms with Crippen LogP contribution in [0.1, 0.15) is 29.3 Å². The van der Waals surface area contributed by atoms with Gasteiger partial charge in [0.2, 0.25) is 5.91 Å². The average molecular weight is 382 g/mol. The number of nitrogens with zero attached hydrogens (tertiary/aromatic N) is 2. The van der Waals surface area contributed by atoms with Gasteiger partial charge in [-0.3, -0.25) is 9.59 Å². The topological polar surface area (TPSA) is 87.7 Å². The van der Waals surface area contributed by atoms with Crippen molar-refractivity contribution in [2.75, 3.05) is 5.32 Å². The van der Waals surface area contributed by atoms with Crippen molar-refractivity contribution in [3.63, 3.8) is 0 Å². The summed E-state index contributed by atoms with van der Waals surface area (Å²) >= 11 is 1.20. The maximum atomic E-state index is 12.6. The zero-order valence-corrected chi connectivity index (χ0v) is 16.8. The van der Waals surface area contributed by atoms with Crippen LogP contribution in [0.5, 0.6) is 0 Å². The van der Waals surface area contributed by atoms with E-state index in [1.807, 2.05) is 52.0 Å². The predicted molar refractivity (Wildman–Crippen MR) is 109 cm³/mol. The fourth-order valence-electron chi connectivity index (χ4n) is 2.84.